The van der Waals surface area contributed by atoms with Gasteiger partial charge in [-0.3, -0.25) is 14.5 Å². The molecule has 1 fully saturated rings. The number of rotatable bonds is 9. The minimum Gasteiger partial charge on any atom is -0.385 e. The number of hydrogen-bond acceptors (Lipinski definition) is 4. The second kappa shape index (κ2) is 10.9. The van der Waals surface area contributed by atoms with Crippen molar-refractivity contribution in [3.05, 3.63) is 35.4 Å². The van der Waals surface area contributed by atoms with Gasteiger partial charge in [-0.25, -0.2) is 0 Å². The third-order valence-electron chi connectivity index (χ3n) is 4.89. The average molecular weight is 361 g/mol. The third-order valence-corrected chi connectivity index (χ3v) is 4.89. The Bertz CT molecular complexity index is 583. The molecule has 2 amide bonds. The van der Waals surface area contributed by atoms with Gasteiger partial charge in [-0.15, -0.1) is 0 Å². The van der Waals surface area contributed by atoms with Gasteiger partial charge in [0.25, 0.3) is 0 Å². The van der Waals surface area contributed by atoms with Gasteiger partial charge in [0.1, 0.15) is 0 Å². The van der Waals surface area contributed by atoms with Crippen LogP contribution in [0, 0.1) is 12.8 Å². The van der Waals surface area contributed by atoms with Gasteiger partial charge in [-0.2, -0.15) is 0 Å². The summed E-state index contributed by atoms with van der Waals surface area (Å²) in [5, 5.41) is 5.96. The van der Waals surface area contributed by atoms with Crippen molar-refractivity contribution in [2.24, 2.45) is 5.92 Å². The Hall–Kier alpha value is -1.92. The van der Waals surface area contributed by atoms with Crippen molar-refractivity contribution >= 4 is 11.8 Å². The van der Waals surface area contributed by atoms with Crippen molar-refractivity contribution in [1.29, 1.82) is 0 Å². The fourth-order valence-corrected chi connectivity index (χ4v) is 3.19. The minimum atomic E-state index is 0.0377. The molecule has 0 aliphatic carbocycles. The van der Waals surface area contributed by atoms with E-state index in [1.807, 2.05) is 31.2 Å². The van der Waals surface area contributed by atoms with E-state index in [-0.39, 0.29) is 17.7 Å². The average Bonchev–Trinajstić information content (AvgIpc) is 2.65. The van der Waals surface area contributed by atoms with Crippen LogP contribution in [0.15, 0.2) is 24.3 Å². The van der Waals surface area contributed by atoms with E-state index >= 15 is 0 Å². The molecule has 6 nitrogen and oxygen atoms in total. The first-order chi connectivity index (χ1) is 12.6. The number of carbonyl (C=O) groups excluding carboxylic acids is 2. The van der Waals surface area contributed by atoms with Crippen molar-refractivity contribution in [3.8, 4) is 0 Å². The van der Waals surface area contributed by atoms with E-state index in [1.54, 1.807) is 7.11 Å². The van der Waals surface area contributed by atoms with Crippen LogP contribution in [0.1, 0.15) is 30.4 Å². The Kier molecular flexibility index (Phi) is 8.58. The number of piperidine rings is 1. The first kappa shape index (κ1) is 20.4. The van der Waals surface area contributed by atoms with Gasteiger partial charge in [0.15, 0.2) is 0 Å². The normalized spacial score (nSPS) is 15.6. The number of nitrogens with zero attached hydrogens (tertiary/aromatic N) is 1. The Morgan fingerprint density at radius 1 is 1.19 bits per heavy atom. The first-order valence-electron chi connectivity index (χ1n) is 9.40. The molecular formula is C20H31N3O3. The molecule has 1 heterocycles. The van der Waals surface area contributed by atoms with Gasteiger partial charge < -0.3 is 15.4 Å². The van der Waals surface area contributed by atoms with Gasteiger partial charge in [-0.1, -0.05) is 24.3 Å². The van der Waals surface area contributed by atoms with Crippen LogP contribution in [-0.4, -0.2) is 56.6 Å². The van der Waals surface area contributed by atoms with E-state index in [1.165, 1.54) is 5.56 Å². The smallest absolute Gasteiger partial charge is 0.234 e. The summed E-state index contributed by atoms with van der Waals surface area (Å²) in [5.74, 6) is 0.226. The molecular weight excluding hydrogens is 330 g/mol. The van der Waals surface area contributed by atoms with Crippen LogP contribution >= 0.6 is 0 Å². The van der Waals surface area contributed by atoms with Crippen LogP contribution < -0.4 is 10.6 Å². The summed E-state index contributed by atoms with van der Waals surface area (Å²) >= 11 is 0. The van der Waals surface area contributed by atoms with Crippen LogP contribution in [-0.2, 0) is 20.9 Å². The maximum Gasteiger partial charge on any atom is 0.234 e. The van der Waals surface area contributed by atoms with Crippen molar-refractivity contribution in [1.82, 2.24) is 15.5 Å². The monoisotopic (exact) mass is 361 g/mol. The molecule has 1 aromatic rings. The Morgan fingerprint density at radius 2 is 1.92 bits per heavy atom. The SMILES string of the molecule is COCCCNC(=O)C1CCN(CC(=O)NCc2ccccc2C)CC1. The van der Waals surface area contributed by atoms with Crippen molar-refractivity contribution < 1.29 is 14.3 Å². The topological polar surface area (TPSA) is 70.7 Å². The number of methoxy groups -OCH3 is 1. The quantitative estimate of drug-likeness (QED) is 0.654. The Labute approximate surface area is 156 Å². The maximum atomic E-state index is 12.2. The van der Waals surface area contributed by atoms with E-state index in [0.29, 0.717) is 26.2 Å². The van der Waals surface area contributed by atoms with Crippen LogP contribution in [0.25, 0.3) is 0 Å². The van der Waals surface area contributed by atoms with Gasteiger partial charge in [0.05, 0.1) is 6.54 Å². The lowest BCUT2D eigenvalue weighted by Crippen LogP contribution is -2.44. The molecule has 0 saturated carbocycles. The summed E-state index contributed by atoms with van der Waals surface area (Å²) in [6.45, 7) is 5.90. The van der Waals surface area contributed by atoms with Crippen LogP contribution in [0.2, 0.25) is 0 Å². The highest BCUT2D eigenvalue weighted by atomic mass is 16.5. The number of carbonyl (C=O) groups is 2. The number of amides is 2. The van der Waals surface area contributed by atoms with Crippen molar-refractivity contribution in [2.75, 3.05) is 39.9 Å². The fraction of sp³-hybridized carbons (Fsp3) is 0.600. The summed E-state index contributed by atoms with van der Waals surface area (Å²) < 4.78 is 4.98. The zero-order valence-corrected chi connectivity index (χ0v) is 15.9. The summed E-state index contributed by atoms with van der Waals surface area (Å²) in [5.41, 5.74) is 2.33. The molecule has 0 bridgehead atoms. The highest BCUT2D eigenvalue weighted by molar-refractivity contribution is 5.79. The number of hydrogen-bond donors (Lipinski definition) is 2. The molecule has 0 aromatic heterocycles. The molecule has 26 heavy (non-hydrogen) atoms. The third kappa shape index (κ3) is 6.77. The van der Waals surface area contributed by atoms with Crippen molar-refractivity contribution in [2.45, 2.75) is 32.7 Å². The lowest BCUT2D eigenvalue weighted by atomic mass is 9.96. The second-order valence-corrected chi connectivity index (χ2v) is 6.89. The Balaban J connectivity index is 1.64. The first-order valence-corrected chi connectivity index (χ1v) is 9.40. The molecule has 0 radical (unpaired) electrons. The van der Waals surface area contributed by atoms with E-state index in [4.69, 9.17) is 4.74 Å². The van der Waals surface area contributed by atoms with E-state index in [0.717, 1.165) is 37.9 Å². The fourth-order valence-electron chi connectivity index (χ4n) is 3.19. The molecule has 0 atom stereocenters. The molecule has 144 valence electrons. The van der Waals surface area contributed by atoms with E-state index < -0.39 is 0 Å². The summed E-state index contributed by atoms with van der Waals surface area (Å²) in [6.07, 6.45) is 2.45. The summed E-state index contributed by atoms with van der Waals surface area (Å²) in [4.78, 5) is 26.4. The van der Waals surface area contributed by atoms with E-state index in [2.05, 4.69) is 15.5 Å². The van der Waals surface area contributed by atoms with Crippen LogP contribution in [0.4, 0.5) is 0 Å². The molecule has 1 aliphatic rings. The molecule has 6 heteroatoms. The number of benzene rings is 1. The number of nitrogens with one attached hydrogen (secondary N) is 2. The molecule has 1 aromatic carbocycles. The summed E-state index contributed by atoms with van der Waals surface area (Å²) in [6, 6.07) is 8.07. The molecule has 1 aliphatic heterocycles. The zero-order valence-electron chi connectivity index (χ0n) is 15.9. The largest absolute Gasteiger partial charge is 0.385 e. The van der Waals surface area contributed by atoms with Gasteiger partial charge in [-0.05, 0) is 50.4 Å². The Morgan fingerprint density at radius 3 is 2.62 bits per heavy atom. The predicted molar refractivity (Wildman–Crippen MR) is 102 cm³/mol. The number of aryl methyl sites for hydroxylation is 1. The lowest BCUT2D eigenvalue weighted by Gasteiger charge is -2.30. The van der Waals surface area contributed by atoms with Crippen LogP contribution in [0.3, 0.4) is 0 Å². The number of likely N-dealkylation sites (tertiary alicyclic amines) is 1. The van der Waals surface area contributed by atoms with Crippen molar-refractivity contribution in [3.63, 3.8) is 0 Å². The molecule has 1 saturated heterocycles. The minimum absolute atomic E-state index is 0.0377. The predicted octanol–water partition coefficient (Wildman–Crippen LogP) is 1.48. The van der Waals surface area contributed by atoms with Gasteiger partial charge >= 0.3 is 0 Å². The van der Waals surface area contributed by atoms with E-state index in [9.17, 15) is 9.59 Å². The van der Waals surface area contributed by atoms with Gasteiger partial charge in [0.2, 0.25) is 11.8 Å². The molecule has 2 N–H and O–H groups in total. The highest BCUT2D eigenvalue weighted by Gasteiger charge is 2.25. The molecule has 2 rings (SSSR count). The number of ether oxygens (including phenoxy) is 1. The maximum absolute atomic E-state index is 12.2. The molecule has 0 unspecified atom stereocenters. The molecule has 0 spiro atoms. The van der Waals surface area contributed by atoms with Crippen LogP contribution in [0.5, 0.6) is 0 Å². The summed E-state index contributed by atoms with van der Waals surface area (Å²) in [7, 11) is 1.66. The second-order valence-electron chi connectivity index (χ2n) is 6.89. The highest BCUT2D eigenvalue weighted by Crippen LogP contribution is 2.17. The lowest BCUT2D eigenvalue weighted by molar-refractivity contribution is -0.126. The van der Waals surface area contributed by atoms with Gasteiger partial charge in [0, 0.05) is 32.7 Å². The zero-order chi connectivity index (χ0) is 18.8. The standard InChI is InChI=1S/C20H31N3O3/c1-16-6-3-4-7-18(16)14-22-19(24)15-23-11-8-17(9-12-23)20(25)21-10-5-13-26-2/h3-4,6-7,17H,5,8-15H2,1-2H3,(H,21,25)(H,22,24).